The monoisotopic (exact) mass is 351 g/mol. The zero-order valence-corrected chi connectivity index (χ0v) is 13.2. The molecule has 0 fully saturated rings. The highest BCUT2D eigenvalue weighted by Crippen LogP contribution is 2.24. The highest BCUT2D eigenvalue weighted by atomic mass is 16.4. The number of benzene rings is 1. The molecule has 0 saturated carbocycles. The maximum Gasteiger partial charge on any atom is 0.411 e. The molecule has 4 N–H and O–H groups in total. The third kappa shape index (κ3) is 3.90. The molecule has 1 aromatic carbocycles. The average Bonchev–Trinajstić information content (AvgIpc) is 2.62. The fourth-order valence-electron chi connectivity index (χ4n) is 2.15. The normalized spacial score (nSPS) is 10.2. The van der Waals surface area contributed by atoms with Crippen LogP contribution in [0.1, 0.15) is 10.5 Å². The molecule has 9 heteroatoms. The molecule has 0 spiro atoms. The van der Waals surface area contributed by atoms with Gasteiger partial charge in [-0.1, -0.05) is 18.2 Å². The molecule has 2 aromatic heterocycles. The van der Waals surface area contributed by atoms with Gasteiger partial charge in [-0.15, -0.1) is 10.2 Å². The van der Waals surface area contributed by atoms with Crippen LogP contribution in [-0.2, 0) is 0 Å². The average molecular weight is 351 g/mol. The fourth-order valence-corrected chi connectivity index (χ4v) is 2.15. The number of aromatic nitrogens is 3. The number of rotatable bonds is 4. The summed E-state index contributed by atoms with van der Waals surface area (Å²) in [5.74, 6) is -0.945. The van der Waals surface area contributed by atoms with Crippen LogP contribution in [0, 0.1) is 0 Å². The Bertz CT molecular complexity index is 945. The zero-order chi connectivity index (χ0) is 18.5. The lowest BCUT2D eigenvalue weighted by atomic mass is 10.1. The van der Waals surface area contributed by atoms with Crippen molar-refractivity contribution in [1.29, 1.82) is 0 Å². The van der Waals surface area contributed by atoms with Crippen LogP contribution in [0.4, 0.5) is 16.3 Å². The molecule has 130 valence electrons. The standard InChI is InChI=1S/C17H13N5O4/c23-13-8-10(9-18-15(13)16(24)20-17(25)26)12-6-7-14(22-21-12)19-11-4-2-1-3-5-11/h1-9,23H,(H,19,22)(H,20,24)(H,25,26). The van der Waals surface area contributed by atoms with Crippen LogP contribution in [0.3, 0.4) is 0 Å². The predicted octanol–water partition coefficient (Wildman–Crippen LogP) is 2.40. The SMILES string of the molecule is O=C(O)NC(=O)c1ncc(-c2ccc(Nc3ccccc3)nn2)cc1O. The number of imide groups is 1. The Balaban J connectivity index is 1.78. The maximum absolute atomic E-state index is 11.6. The molecule has 0 aliphatic heterocycles. The number of hydrogen-bond donors (Lipinski definition) is 4. The van der Waals surface area contributed by atoms with Crippen LogP contribution in [0.15, 0.2) is 54.7 Å². The number of nitrogens with one attached hydrogen (secondary N) is 2. The molecule has 26 heavy (non-hydrogen) atoms. The number of pyridine rings is 1. The summed E-state index contributed by atoms with van der Waals surface area (Å²) in [6, 6.07) is 14.1. The lowest BCUT2D eigenvalue weighted by Gasteiger charge is -2.07. The Morgan fingerprint density at radius 3 is 2.38 bits per heavy atom. The summed E-state index contributed by atoms with van der Waals surface area (Å²) in [7, 11) is 0. The van der Waals surface area contributed by atoms with Gasteiger partial charge in [0.05, 0.1) is 5.69 Å². The summed E-state index contributed by atoms with van der Waals surface area (Å²) < 4.78 is 0. The van der Waals surface area contributed by atoms with Crippen molar-refractivity contribution >= 4 is 23.5 Å². The minimum Gasteiger partial charge on any atom is -0.505 e. The van der Waals surface area contributed by atoms with Crippen LogP contribution >= 0.6 is 0 Å². The Morgan fingerprint density at radius 1 is 1.00 bits per heavy atom. The molecule has 3 aromatic rings. The second-order valence-electron chi connectivity index (χ2n) is 5.15. The second kappa shape index (κ2) is 7.26. The van der Waals surface area contributed by atoms with Gasteiger partial charge in [0.15, 0.2) is 11.5 Å². The molecule has 2 heterocycles. The van der Waals surface area contributed by atoms with E-state index < -0.39 is 23.4 Å². The number of nitrogens with zero attached hydrogens (tertiary/aromatic N) is 3. The quantitative estimate of drug-likeness (QED) is 0.562. The van der Waals surface area contributed by atoms with Gasteiger partial charge in [-0.05, 0) is 30.3 Å². The Kier molecular flexibility index (Phi) is 4.70. The number of carbonyl (C=O) groups is 2. The molecule has 0 aliphatic rings. The van der Waals surface area contributed by atoms with Crippen LogP contribution in [0.25, 0.3) is 11.3 Å². The molecule has 3 rings (SSSR count). The van der Waals surface area contributed by atoms with Gasteiger partial charge in [0.1, 0.15) is 5.75 Å². The Morgan fingerprint density at radius 2 is 1.77 bits per heavy atom. The van der Waals surface area contributed by atoms with E-state index in [2.05, 4.69) is 20.5 Å². The molecular weight excluding hydrogens is 338 g/mol. The topological polar surface area (TPSA) is 137 Å². The van der Waals surface area contributed by atoms with Gasteiger partial charge in [-0.2, -0.15) is 0 Å². The molecule has 0 bridgehead atoms. The fraction of sp³-hybridized carbons (Fsp3) is 0. The summed E-state index contributed by atoms with van der Waals surface area (Å²) in [6.45, 7) is 0. The first-order chi connectivity index (χ1) is 12.5. The molecule has 9 nitrogen and oxygen atoms in total. The highest BCUT2D eigenvalue weighted by Gasteiger charge is 2.16. The lowest BCUT2D eigenvalue weighted by molar-refractivity contribution is 0.0940. The summed E-state index contributed by atoms with van der Waals surface area (Å²) in [6.07, 6.45) is -0.238. The number of para-hydroxylation sites is 1. The number of amides is 2. The van der Waals surface area contributed by atoms with Gasteiger partial charge in [0.2, 0.25) is 0 Å². The highest BCUT2D eigenvalue weighted by molar-refractivity contribution is 6.02. The van der Waals surface area contributed by atoms with Crippen molar-refractivity contribution < 1.29 is 19.8 Å². The lowest BCUT2D eigenvalue weighted by Crippen LogP contribution is -2.29. The third-order valence-corrected chi connectivity index (χ3v) is 3.31. The van der Waals surface area contributed by atoms with E-state index in [1.54, 1.807) is 17.4 Å². The van der Waals surface area contributed by atoms with Crippen molar-refractivity contribution in [2.24, 2.45) is 0 Å². The van der Waals surface area contributed by atoms with Crippen molar-refractivity contribution in [3.63, 3.8) is 0 Å². The Labute approximate surface area is 147 Å². The van der Waals surface area contributed by atoms with E-state index in [0.29, 0.717) is 17.1 Å². The van der Waals surface area contributed by atoms with Gasteiger partial charge < -0.3 is 15.5 Å². The zero-order valence-electron chi connectivity index (χ0n) is 13.2. The number of carboxylic acid groups (broad SMARTS) is 1. The van der Waals surface area contributed by atoms with Gasteiger partial charge >= 0.3 is 6.09 Å². The van der Waals surface area contributed by atoms with Gasteiger partial charge in [-0.25, -0.2) is 9.78 Å². The minimum atomic E-state index is -1.53. The smallest absolute Gasteiger partial charge is 0.411 e. The van der Waals surface area contributed by atoms with Crippen molar-refractivity contribution in [3.8, 4) is 17.0 Å². The molecule has 0 aliphatic carbocycles. The number of hydrogen-bond acceptors (Lipinski definition) is 7. The molecule has 0 atom stereocenters. The predicted molar refractivity (Wildman–Crippen MR) is 92.1 cm³/mol. The van der Waals surface area contributed by atoms with Crippen LogP contribution < -0.4 is 10.6 Å². The summed E-state index contributed by atoms with van der Waals surface area (Å²) in [5.41, 5.74) is 1.32. The van der Waals surface area contributed by atoms with Crippen LogP contribution in [0.2, 0.25) is 0 Å². The van der Waals surface area contributed by atoms with E-state index in [-0.39, 0.29) is 0 Å². The summed E-state index contributed by atoms with van der Waals surface area (Å²) in [5, 5.41) is 31.2. The largest absolute Gasteiger partial charge is 0.505 e. The number of carbonyl (C=O) groups excluding carboxylic acids is 1. The van der Waals surface area contributed by atoms with Crippen molar-refractivity contribution in [2.45, 2.75) is 0 Å². The minimum absolute atomic E-state index is 0.397. The van der Waals surface area contributed by atoms with E-state index >= 15 is 0 Å². The Hall–Kier alpha value is -4.01. The van der Waals surface area contributed by atoms with Gasteiger partial charge in [0, 0.05) is 17.4 Å². The molecule has 0 radical (unpaired) electrons. The van der Waals surface area contributed by atoms with Crippen LogP contribution in [-0.4, -0.2) is 37.4 Å². The van der Waals surface area contributed by atoms with E-state index in [9.17, 15) is 14.7 Å². The van der Waals surface area contributed by atoms with E-state index in [1.165, 1.54) is 12.3 Å². The van der Waals surface area contributed by atoms with Crippen LogP contribution in [0.5, 0.6) is 5.75 Å². The maximum atomic E-state index is 11.6. The van der Waals surface area contributed by atoms with E-state index in [0.717, 1.165) is 5.69 Å². The number of anilines is 2. The van der Waals surface area contributed by atoms with Gasteiger partial charge in [0.25, 0.3) is 5.91 Å². The first-order valence-corrected chi connectivity index (χ1v) is 7.42. The first-order valence-electron chi connectivity index (χ1n) is 7.42. The van der Waals surface area contributed by atoms with E-state index in [1.807, 2.05) is 30.3 Å². The molecule has 2 amide bonds. The summed E-state index contributed by atoms with van der Waals surface area (Å²) >= 11 is 0. The third-order valence-electron chi connectivity index (χ3n) is 3.31. The molecule has 0 unspecified atom stereocenters. The second-order valence-corrected chi connectivity index (χ2v) is 5.15. The van der Waals surface area contributed by atoms with Crippen molar-refractivity contribution in [1.82, 2.24) is 20.5 Å². The first kappa shape index (κ1) is 16.8. The van der Waals surface area contributed by atoms with Crippen molar-refractivity contribution in [3.05, 3.63) is 60.4 Å². The van der Waals surface area contributed by atoms with Crippen molar-refractivity contribution in [2.75, 3.05) is 5.32 Å². The van der Waals surface area contributed by atoms with Gasteiger partial charge in [-0.3, -0.25) is 10.1 Å². The van der Waals surface area contributed by atoms with E-state index in [4.69, 9.17) is 5.11 Å². The summed E-state index contributed by atoms with van der Waals surface area (Å²) in [4.78, 5) is 25.9. The molecule has 0 saturated heterocycles. The number of aromatic hydroxyl groups is 1. The molecular formula is C17H13N5O4.